The fraction of sp³-hybridized carbons (Fsp3) is 0.533. The molecule has 0 aliphatic heterocycles. The standard InChI is InChI=1S/C30H35N3O3/c1-18(8-13-26(35)32-25-7-4-16-31-33-25)27-24(17-34)29(36)30(20-10-11-20)15-14-22-21-6-3-2-5-19(21)9-12-23(22)28(27)30/h2-7,16-18,20,22-23,27-28,34H,8-15H2,1H3,(H,32,33,35)/b24-17-. The van der Waals surface area contributed by atoms with Crippen LogP contribution in [-0.2, 0) is 16.0 Å². The number of Topliss-reactive ketones (excluding diaryl/α,β-unsaturated/α-hetero) is 1. The molecule has 0 bridgehead atoms. The summed E-state index contributed by atoms with van der Waals surface area (Å²) in [6.07, 6.45) is 10.1. The normalized spacial score (nSPS) is 32.9. The fourth-order valence-electron chi connectivity index (χ4n) is 8.26. The van der Waals surface area contributed by atoms with Crippen LogP contribution >= 0.6 is 0 Å². The van der Waals surface area contributed by atoms with Crippen LogP contribution in [0.1, 0.15) is 68.9 Å². The minimum absolute atomic E-state index is 0.00882. The Balaban J connectivity index is 1.29. The maximum atomic E-state index is 14.1. The second-order valence-electron chi connectivity index (χ2n) is 11.5. The van der Waals surface area contributed by atoms with E-state index in [0.29, 0.717) is 42.0 Å². The van der Waals surface area contributed by atoms with E-state index in [4.69, 9.17) is 0 Å². The third kappa shape index (κ3) is 3.68. The number of hydrogen-bond donors (Lipinski definition) is 2. The van der Waals surface area contributed by atoms with E-state index in [2.05, 4.69) is 46.7 Å². The number of nitrogens with zero attached hydrogens (tertiary/aromatic N) is 2. The number of amides is 1. The smallest absolute Gasteiger partial charge is 0.225 e. The monoisotopic (exact) mass is 485 g/mol. The molecule has 188 valence electrons. The van der Waals surface area contributed by atoms with Crippen LogP contribution in [0.2, 0.25) is 0 Å². The number of aliphatic hydroxyl groups excluding tert-OH is 1. The SMILES string of the molecule is CC(CCC(=O)Nc1cccnn1)C1/C(=C/O)C(=O)C2(C3CC3)CCC3c4ccccc4CCC3C12. The zero-order valence-corrected chi connectivity index (χ0v) is 20.9. The number of aliphatic hydroxyl groups is 1. The van der Waals surface area contributed by atoms with Crippen LogP contribution in [0, 0.1) is 35.0 Å². The maximum Gasteiger partial charge on any atom is 0.225 e. The molecule has 2 aromatic rings. The van der Waals surface area contributed by atoms with Gasteiger partial charge in [-0.3, -0.25) is 9.59 Å². The molecule has 0 spiro atoms. The zero-order valence-electron chi connectivity index (χ0n) is 20.9. The molecule has 6 unspecified atom stereocenters. The van der Waals surface area contributed by atoms with E-state index in [1.54, 1.807) is 18.3 Å². The molecule has 4 aliphatic carbocycles. The Bertz CT molecular complexity index is 1190. The van der Waals surface area contributed by atoms with Gasteiger partial charge < -0.3 is 10.4 Å². The van der Waals surface area contributed by atoms with Gasteiger partial charge in [0.05, 0.1) is 6.26 Å². The van der Waals surface area contributed by atoms with Gasteiger partial charge in [0.1, 0.15) is 0 Å². The lowest BCUT2D eigenvalue weighted by molar-refractivity contribution is -0.131. The molecule has 2 N–H and O–H groups in total. The second-order valence-corrected chi connectivity index (χ2v) is 11.5. The number of benzene rings is 1. The van der Waals surface area contributed by atoms with Gasteiger partial charge in [0.2, 0.25) is 5.91 Å². The minimum atomic E-state index is -0.331. The third-order valence-electron chi connectivity index (χ3n) is 9.80. The van der Waals surface area contributed by atoms with Crippen molar-refractivity contribution in [2.24, 2.45) is 35.0 Å². The van der Waals surface area contributed by atoms with E-state index in [0.717, 1.165) is 44.8 Å². The average molecular weight is 486 g/mol. The summed E-state index contributed by atoms with van der Waals surface area (Å²) in [6.45, 7) is 2.17. The van der Waals surface area contributed by atoms with E-state index in [1.165, 1.54) is 11.1 Å². The zero-order chi connectivity index (χ0) is 24.9. The Morgan fingerprint density at radius 2 is 2.03 bits per heavy atom. The van der Waals surface area contributed by atoms with Crippen LogP contribution in [0.25, 0.3) is 0 Å². The molecule has 4 aliphatic rings. The lowest BCUT2D eigenvalue weighted by Gasteiger charge is -2.52. The molecule has 1 aromatic carbocycles. The summed E-state index contributed by atoms with van der Waals surface area (Å²) in [6, 6.07) is 12.3. The van der Waals surface area contributed by atoms with Crippen molar-refractivity contribution in [1.82, 2.24) is 10.2 Å². The Kier molecular flexibility index (Phi) is 5.93. The number of hydrogen-bond acceptors (Lipinski definition) is 5. The molecule has 0 saturated heterocycles. The Hall–Kier alpha value is -3.02. The summed E-state index contributed by atoms with van der Waals surface area (Å²) in [4.78, 5) is 26.7. The van der Waals surface area contributed by atoms with Crippen molar-refractivity contribution in [2.45, 2.75) is 64.2 Å². The highest BCUT2D eigenvalue weighted by Gasteiger charge is 2.68. The number of carbonyl (C=O) groups is 2. The highest BCUT2D eigenvalue weighted by atomic mass is 16.2. The first-order valence-corrected chi connectivity index (χ1v) is 13.6. The number of aromatic nitrogens is 2. The highest BCUT2D eigenvalue weighted by Crippen LogP contribution is 2.70. The van der Waals surface area contributed by atoms with Gasteiger partial charge in [0, 0.05) is 23.6 Å². The van der Waals surface area contributed by atoms with Gasteiger partial charge >= 0.3 is 0 Å². The van der Waals surface area contributed by atoms with Gasteiger partial charge in [-0.05, 0) is 104 Å². The molecule has 1 heterocycles. The number of ketones is 1. The van der Waals surface area contributed by atoms with Crippen LogP contribution < -0.4 is 5.32 Å². The van der Waals surface area contributed by atoms with Gasteiger partial charge in [0.15, 0.2) is 11.6 Å². The molecule has 6 atom stereocenters. The molecular weight excluding hydrogens is 450 g/mol. The quantitative estimate of drug-likeness (QED) is 0.409. The lowest BCUT2D eigenvalue weighted by atomic mass is 9.51. The second kappa shape index (κ2) is 9.13. The largest absolute Gasteiger partial charge is 0.515 e. The van der Waals surface area contributed by atoms with Crippen LogP contribution in [0.5, 0.6) is 0 Å². The number of allylic oxidation sites excluding steroid dienone is 1. The topological polar surface area (TPSA) is 92.2 Å². The summed E-state index contributed by atoms with van der Waals surface area (Å²) >= 11 is 0. The molecule has 1 amide bonds. The van der Waals surface area contributed by atoms with Crippen molar-refractivity contribution < 1.29 is 14.7 Å². The first-order valence-electron chi connectivity index (χ1n) is 13.6. The number of rotatable bonds is 6. The van der Waals surface area contributed by atoms with E-state index in [-0.39, 0.29) is 34.9 Å². The minimum Gasteiger partial charge on any atom is -0.515 e. The van der Waals surface area contributed by atoms with Crippen molar-refractivity contribution in [2.75, 3.05) is 5.32 Å². The Labute approximate surface area is 212 Å². The van der Waals surface area contributed by atoms with Crippen LogP contribution in [0.4, 0.5) is 5.82 Å². The summed E-state index contributed by atoms with van der Waals surface area (Å²) in [5.41, 5.74) is 3.23. The molecule has 3 fully saturated rings. The molecule has 6 heteroatoms. The molecule has 36 heavy (non-hydrogen) atoms. The van der Waals surface area contributed by atoms with E-state index < -0.39 is 0 Å². The van der Waals surface area contributed by atoms with Crippen molar-refractivity contribution in [3.8, 4) is 0 Å². The molecular formula is C30H35N3O3. The molecule has 6 rings (SSSR count). The van der Waals surface area contributed by atoms with Crippen molar-refractivity contribution in [3.05, 3.63) is 65.6 Å². The van der Waals surface area contributed by atoms with Crippen LogP contribution in [-0.4, -0.2) is 27.0 Å². The fourth-order valence-corrected chi connectivity index (χ4v) is 8.26. The van der Waals surface area contributed by atoms with Crippen LogP contribution in [0.3, 0.4) is 0 Å². The first-order chi connectivity index (χ1) is 17.5. The summed E-state index contributed by atoms with van der Waals surface area (Å²) < 4.78 is 0. The first kappa shape index (κ1) is 23.4. The molecule has 3 saturated carbocycles. The van der Waals surface area contributed by atoms with Gasteiger partial charge in [-0.1, -0.05) is 31.2 Å². The Morgan fingerprint density at radius 3 is 2.78 bits per heavy atom. The maximum absolute atomic E-state index is 14.1. The summed E-state index contributed by atoms with van der Waals surface area (Å²) in [5, 5.41) is 21.0. The lowest BCUT2D eigenvalue weighted by Crippen LogP contribution is -2.48. The average Bonchev–Trinajstić information content (AvgIpc) is 3.72. The van der Waals surface area contributed by atoms with Crippen molar-refractivity contribution >= 4 is 17.5 Å². The van der Waals surface area contributed by atoms with E-state index in [9.17, 15) is 14.7 Å². The summed E-state index contributed by atoms with van der Waals surface area (Å²) in [7, 11) is 0. The van der Waals surface area contributed by atoms with Gasteiger partial charge in [0.25, 0.3) is 0 Å². The van der Waals surface area contributed by atoms with Gasteiger partial charge in [-0.2, -0.15) is 5.10 Å². The predicted molar refractivity (Wildman–Crippen MR) is 137 cm³/mol. The Morgan fingerprint density at radius 1 is 1.19 bits per heavy atom. The highest BCUT2D eigenvalue weighted by molar-refractivity contribution is 6.04. The van der Waals surface area contributed by atoms with Crippen LogP contribution in [0.15, 0.2) is 54.4 Å². The number of anilines is 1. The number of aryl methyl sites for hydroxylation is 1. The van der Waals surface area contributed by atoms with E-state index in [1.807, 2.05) is 0 Å². The summed E-state index contributed by atoms with van der Waals surface area (Å²) in [5.74, 6) is 2.27. The third-order valence-corrected chi connectivity index (χ3v) is 9.80. The molecule has 6 nitrogen and oxygen atoms in total. The van der Waals surface area contributed by atoms with Crippen molar-refractivity contribution in [1.29, 1.82) is 0 Å². The molecule has 0 radical (unpaired) electrons. The number of carbonyl (C=O) groups excluding carboxylic acids is 2. The van der Waals surface area contributed by atoms with Gasteiger partial charge in [-0.25, -0.2) is 0 Å². The predicted octanol–water partition coefficient (Wildman–Crippen LogP) is 5.62. The van der Waals surface area contributed by atoms with Gasteiger partial charge in [-0.15, -0.1) is 5.10 Å². The number of nitrogens with one attached hydrogen (secondary N) is 1. The molecule has 1 aromatic heterocycles. The number of fused-ring (bicyclic) bond motifs is 5. The van der Waals surface area contributed by atoms with Crippen molar-refractivity contribution in [3.63, 3.8) is 0 Å². The van der Waals surface area contributed by atoms with E-state index >= 15 is 0 Å².